The van der Waals surface area contributed by atoms with E-state index in [0.29, 0.717) is 6.54 Å². The van der Waals surface area contributed by atoms with Gasteiger partial charge in [0.25, 0.3) is 0 Å². The molecule has 2 aromatic heterocycles. The number of rotatable bonds is 5. The number of imidazole rings is 1. The summed E-state index contributed by atoms with van der Waals surface area (Å²) < 4.78 is 2.02. The van der Waals surface area contributed by atoms with Crippen molar-refractivity contribution in [1.29, 1.82) is 0 Å². The molecule has 0 bridgehead atoms. The number of benzene rings is 1. The molecule has 1 aromatic carbocycles. The van der Waals surface area contributed by atoms with E-state index in [9.17, 15) is 0 Å². The van der Waals surface area contributed by atoms with E-state index in [2.05, 4.69) is 27.4 Å². The van der Waals surface area contributed by atoms with Crippen molar-refractivity contribution in [3.05, 3.63) is 84.2 Å². The van der Waals surface area contributed by atoms with Crippen LogP contribution in [0, 0.1) is 0 Å². The SMILES string of the molecule is Cn1ccnc1CNC(c1ccccc1)c1ccccn1. The lowest BCUT2D eigenvalue weighted by molar-refractivity contribution is 0.564. The number of hydrogen-bond donors (Lipinski definition) is 1. The van der Waals surface area contributed by atoms with Gasteiger partial charge in [0.05, 0.1) is 18.3 Å². The number of nitrogens with zero attached hydrogens (tertiary/aromatic N) is 3. The first-order valence-electron chi connectivity index (χ1n) is 7.00. The standard InChI is InChI=1S/C17H18N4/c1-21-12-11-19-16(21)13-20-17(14-7-3-2-4-8-14)15-9-5-6-10-18-15/h2-12,17,20H,13H2,1H3. The molecule has 3 rings (SSSR count). The molecule has 1 N–H and O–H groups in total. The van der Waals surface area contributed by atoms with Gasteiger partial charge in [-0.15, -0.1) is 0 Å². The first-order chi connectivity index (χ1) is 10.3. The Morgan fingerprint density at radius 2 is 1.81 bits per heavy atom. The van der Waals surface area contributed by atoms with Gasteiger partial charge in [0.2, 0.25) is 0 Å². The second kappa shape index (κ2) is 6.33. The van der Waals surface area contributed by atoms with Crippen molar-refractivity contribution in [3.8, 4) is 0 Å². The summed E-state index contributed by atoms with van der Waals surface area (Å²) in [6, 6.07) is 16.4. The molecule has 0 spiro atoms. The summed E-state index contributed by atoms with van der Waals surface area (Å²) in [6.07, 6.45) is 5.60. The van der Waals surface area contributed by atoms with Gasteiger partial charge < -0.3 is 4.57 Å². The van der Waals surface area contributed by atoms with Crippen molar-refractivity contribution in [1.82, 2.24) is 19.9 Å². The summed E-state index contributed by atoms with van der Waals surface area (Å²) in [5.41, 5.74) is 2.21. The van der Waals surface area contributed by atoms with Gasteiger partial charge in [0.1, 0.15) is 5.82 Å². The van der Waals surface area contributed by atoms with E-state index in [1.54, 1.807) is 0 Å². The topological polar surface area (TPSA) is 42.7 Å². The lowest BCUT2D eigenvalue weighted by atomic mass is 10.0. The molecule has 0 aliphatic carbocycles. The molecule has 0 aliphatic heterocycles. The third-order valence-electron chi connectivity index (χ3n) is 3.50. The fourth-order valence-electron chi connectivity index (χ4n) is 2.35. The molecule has 0 radical (unpaired) electrons. The summed E-state index contributed by atoms with van der Waals surface area (Å²) in [6.45, 7) is 0.694. The number of aryl methyl sites for hydroxylation is 1. The van der Waals surface area contributed by atoms with E-state index >= 15 is 0 Å². The van der Waals surface area contributed by atoms with Crippen LogP contribution >= 0.6 is 0 Å². The number of hydrogen-bond acceptors (Lipinski definition) is 3. The average Bonchev–Trinajstić information content (AvgIpc) is 2.95. The number of aromatic nitrogens is 3. The van der Waals surface area contributed by atoms with Crippen molar-refractivity contribution in [3.63, 3.8) is 0 Å². The van der Waals surface area contributed by atoms with Crippen molar-refractivity contribution in [2.75, 3.05) is 0 Å². The Labute approximate surface area is 124 Å². The molecule has 0 aliphatic rings. The molecule has 106 valence electrons. The third kappa shape index (κ3) is 3.17. The Morgan fingerprint density at radius 1 is 1.00 bits per heavy atom. The molecule has 4 nitrogen and oxygen atoms in total. The van der Waals surface area contributed by atoms with Gasteiger partial charge in [0.15, 0.2) is 0 Å². The van der Waals surface area contributed by atoms with Gasteiger partial charge in [-0.3, -0.25) is 10.3 Å². The van der Waals surface area contributed by atoms with E-state index in [1.165, 1.54) is 5.56 Å². The predicted octanol–water partition coefficient (Wildman–Crippen LogP) is 2.69. The van der Waals surface area contributed by atoms with Crippen molar-refractivity contribution >= 4 is 0 Å². The fourth-order valence-corrected chi connectivity index (χ4v) is 2.35. The van der Waals surface area contributed by atoms with Crippen molar-refractivity contribution in [2.45, 2.75) is 12.6 Å². The summed E-state index contributed by atoms with van der Waals surface area (Å²) in [5.74, 6) is 1.01. The molecular weight excluding hydrogens is 260 g/mol. The number of pyridine rings is 1. The van der Waals surface area contributed by atoms with Crippen LogP contribution in [0.3, 0.4) is 0 Å². The van der Waals surface area contributed by atoms with Crippen molar-refractivity contribution < 1.29 is 0 Å². The van der Waals surface area contributed by atoms with E-state index in [1.807, 2.05) is 66.6 Å². The van der Waals surface area contributed by atoms with Crippen LogP contribution in [0.4, 0.5) is 0 Å². The largest absolute Gasteiger partial charge is 0.337 e. The zero-order valence-corrected chi connectivity index (χ0v) is 12.0. The number of nitrogens with one attached hydrogen (secondary N) is 1. The minimum atomic E-state index is 0.0594. The maximum Gasteiger partial charge on any atom is 0.122 e. The molecule has 21 heavy (non-hydrogen) atoms. The summed E-state index contributed by atoms with van der Waals surface area (Å²) in [4.78, 5) is 8.84. The van der Waals surface area contributed by atoms with Gasteiger partial charge in [-0.1, -0.05) is 36.4 Å². The zero-order chi connectivity index (χ0) is 14.5. The highest BCUT2D eigenvalue weighted by atomic mass is 15.1. The molecule has 1 unspecified atom stereocenters. The van der Waals surface area contributed by atoms with E-state index in [0.717, 1.165) is 11.5 Å². The van der Waals surface area contributed by atoms with Gasteiger partial charge in [0, 0.05) is 25.6 Å². The molecule has 3 aromatic rings. The third-order valence-corrected chi connectivity index (χ3v) is 3.50. The summed E-state index contributed by atoms with van der Waals surface area (Å²) in [7, 11) is 2.00. The van der Waals surface area contributed by atoms with Crippen LogP contribution in [0.15, 0.2) is 67.1 Å². The first-order valence-corrected chi connectivity index (χ1v) is 7.00. The van der Waals surface area contributed by atoms with Gasteiger partial charge >= 0.3 is 0 Å². The lowest BCUT2D eigenvalue weighted by Crippen LogP contribution is -2.24. The maximum atomic E-state index is 4.49. The normalized spacial score (nSPS) is 12.2. The Hall–Kier alpha value is -2.46. The lowest BCUT2D eigenvalue weighted by Gasteiger charge is -2.18. The predicted molar refractivity (Wildman–Crippen MR) is 82.6 cm³/mol. The molecule has 0 saturated heterocycles. The molecule has 0 fully saturated rings. The van der Waals surface area contributed by atoms with Crippen LogP contribution < -0.4 is 5.32 Å². The van der Waals surface area contributed by atoms with Crippen LogP contribution in [-0.2, 0) is 13.6 Å². The smallest absolute Gasteiger partial charge is 0.122 e. The van der Waals surface area contributed by atoms with Crippen molar-refractivity contribution in [2.24, 2.45) is 7.05 Å². The Balaban J connectivity index is 1.85. The van der Waals surface area contributed by atoms with Gasteiger partial charge in [-0.25, -0.2) is 4.98 Å². The molecular formula is C17H18N4. The Bertz CT molecular complexity index is 637. The van der Waals surface area contributed by atoms with E-state index in [4.69, 9.17) is 0 Å². The molecule has 0 saturated carbocycles. The van der Waals surface area contributed by atoms with Crippen LogP contribution in [0.2, 0.25) is 0 Å². The van der Waals surface area contributed by atoms with E-state index in [-0.39, 0.29) is 6.04 Å². The zero-order valence-electron chi connectivity index (χ0n) is 12.0. The second-order valence-electron chi connectivity index (χ2n) is 4.93. The summed E-state index contributed by atoms with van der Waals surface area (Å²) >= 11 is 0. The molecule has 0 amide bonds. The van der Waals surface area contributed by atoms with Crippen LogP contribution in [0.5, 0.6) is 0 Å². The Morgan fingerprint density at radius 3 is 2.48 bits per heavy atom. The van der Waals surface area contributed by atoms with Gasteiger partial charge in [-0.05, 0) is 17.7 Å². The quantitative estimate of drug-likeness (QED) is 0.780. The highest BCUT2D eigenvalue weighted by molar-refractivity contribution is 5.27. The molecule has 1 atom stereocenters. The minimum Gasteiger partial charge on any atom is -0.337 e. The molecule has 4 heteroatoms. The Kier molecular flexibility index (Phi) is 4.07. The minimum absolute atomic E-state index is 0.0594. The maximum absolute atomic E-state index is 4.49. The second-order valence-corrected chi connectivity index (χ2v) is 4.93. The average molecular weight is 278 g/mol. The van der Waals surface area contributed by atoms with Gasteiger partial charge in [-0.2, -0.15) is 0 Å². The highest BCUT2D eigenvalue weighted by Gasteiger charge is 2.15. The summed E-state index contributed by atoms with van der Waals surface area (Å²) in [5, 5.41) is 3.55. The molecule has 2 heterocycles. The van der Waals surface area contributed by atoms with Crippen LogP contribution in [0.1, 0.15) is 23.1 Å². The van der Waals surface area contributed by atoms with Crippen LogP contribution in [0.25, 0.3) is 0 Å². The fraction of sp³-hybridized carbons (Fsp3) is 0.176. The van der Waals surface area contributed by atoms with E-state index < -0.39 is 0 Å². The van der Waals surface area contributed by atoms with Crippen LogP contribution in [-0.4, -0.2) is 14.5 Å². The monoisotopic (exact) mass is 278 g/mol. The highest BCUT2D eigenvalue weighted by Crippen LogP contribution is 2.20. The first kappa shape index (κ1) is 13.5.